The molecule has 2 heterocycles. The highest BCUT2D eigenvalue weighted by molar-refractivity contribution is 7.89. The van der Waals surface area contributed by atoms with Gasteiger partial charge in [0.2, 0.25) is 10.0 Å². The third kappa shape index (κ3) is 2.98. The summed E-state index contributed by atoms with van der Waals surface area (Å²) in [5, 5.41) is 0. The van der Waals surface area contributed by atoms with Gasteiger partial charge in [0.15, 0.2) is 5.78 Å². The largest absolute Gasteiger partial charge is 0.469 e. The van der Waals surface area contributed by atoms with Gasteiger partial charge in [-0.05, 0) is 30.3 Å². The monoisotopic (exact) mass is 367 g/mol. The van der Waals surface area contributed by atoms with Gasteiger partial charge in [-0.1, -0.05) is 30.3 Å². The van der Waals surface area contributed by atoms with Crippen LogP contribution in [0.15, 0.2) is 76.2 Å². The standard InChI is InChI=1S/C20H17NO4S/c22-20(15-4-2-1-3-5-15)16-6-8-18(9-7-16)26(23,24)21-12-10-19-17(14-21)11-13-25-19/h1-9,11,13H,10,12,14H2. The van der Waals surface area contributed by atoms with Crippen molar-refractivity contribution in [3.8, 4) is 0 Å². The van der Waals surface area contributed by atoms with Gasteiger partial charge < -0.3 is 4.42 Å². The molecule has 0 bridgehead atoms. The van der Waals surface area contributed by atoms with E-state index in [1.807, 2.05) is 6.07 Å². The zero-order chi connectivity index (χ0) is 18.1. The fourth-order valence-electron chi connectivity index (χ4n) is 3.11. The van der Waals surface area contributed by atoms with E-state index < -0.39 is 10.0 Å². The Balaban J connectivity index is 1.57. The molecule has 6 heteroatoms. The summed E-state index contributed by atoms with van der Waals surface area (Å²) in [5.41, 5.74) is 1.94. The van der Waals surface area contributed by atoms with Gasteiger partial charge in [0.25, 0.3) is 0 Å². The predicted octanol–water partition coefficient (Wildman–Crippen LogP) is 3.26. The van der Waals surface area contributed by atoms with Gasteiger partial charge in [-0.15, -0.1) is 0 Å². The van der Waals surface area contributed by atoms with E-state index in [4.69, 9.17) is 4.42 Å². The van der Waals surface area contributed by atoms with E-state index in [-0.39, 0.29) is 10.7 Å². The van der Waals surface area contributed by atoms with Crippen molar-refractivity contribution in [3.05, 3.63) is 89.4 Å². The topological polar surface area (TPSA) is 67.6 Å². The molecular formula is C20H17NO4S. The minimum Gasteiger partial charge on any atom is -0.469 e. The van der Waals surface area contributed by atoms with Crippen molar-refractivity contribution in [2.75, 3.05) is 6.54 Å². The van der Waals surface area contributed by atoms with Crippen LogP contribution in [-0.2, 0) is 23.0 Å². The Kier molecular flexibility index (Phi) is 4.22. The fourth-order valence-corrected chi connectivity index (χ4v) is 4.53. The molecule has 0 unspecified atom stereocenters. The smallest absolute Gasteiger partial charge is 0.243 e. The molecule has 0 aliphatic carbocycles. The summed E-state index contributed by atoms with van der Waals surface area (Å²) in [6.07, 6.45) is 2.15. The number of carbonyl (C=O) groups is 1. The first-order valence-electron chi connectivity index (χ1n) is 8.31. The Hall–Kier alpha value is -2.70. The van der Waals surface area contributed by atoms with Crippen LogP contribution in [0.5, 0.6) is 0 Å². The van der Waals surface area contributed by atoms with Crippen LogP contribution < -0.4 is 0 Å². The predicted molar refractivity (Wildman–Crippen MR) is 96.3 cm³/mol. The van der Waals surface area contributed by atoms with Crippen LogP contribution in [0.4, 0.5) is 0 Å². The van der Waals surface area contributed by atoms with E-state index in [9.17, 15) is 13.2 Å². The fraction of sp³-hybridized carbons (Fsp3) is 0.150. The second-order valence-corrected chi connectivity index (χ2v) is 8.12. The Morgan fingerprint density at radius 3 is 2.35 bits per heavy atom. The van der Waals surface area contributed by atoms with Crippen molar-refractivity contribution in [2.45, 2.75) is 17.9 Å². The average Bonchev–Trinajstić information content (AvgIpc) is 3.16. The lowest BCUT2D eigenvalue weighted by Gasteiger charge is -2.25. The minimum absolute atomic E-state index is 0.129. The van der Waals surface area contributed by atoms with E-state index in [2.05, 4.69) is 0 Å². The second-order valence-electron chi connectivity index (χ2n) is 6.18. The third-order valence-electron chi connectivity index (χ3n) is 4.56. The normalized spacial score (nSPS) is 14.8. The van der Waals surface area contributed by atoms with Gasteiger partial charge in [-0.2, -0.15) is 4.31 Å². The molecule has 0 amide bonds. The molecule has 132 valence electrons. The van der Waals surface area contributed by atoms with E-state index >= 15 is 0 Å². The molecule has 1 aromatic heterocycles. The Bertz CT molecular complexity index is 1040. The first-order valence-corrected chi connectivity index (χ1v) is 9.75. The summed E-state index contributed by atoms with van der Waals surface area (Å²) in [6, 6.07) is 16.8. The summed E-state index contributed by atoms with van der Waals surface area (Å²) in [5.74, 6) is 0.718. The highest BCUT2D eigenvalue weighted by Gasteiger charge is 2.29. The number of hydrogen-bond donors (Lipinski definition) is 0. The molecular weight excluding hydrogens is 350 g/mol. The number of ketones is 1. The summed E-state index contributed by atoms with van der Waals surface area (Å²) >= 11 is 0. The van der Waals surface area contributed by atoms with Gasteiger partial charge in [-0.3, -0.25) is 4.79 Å². The van der Waals surface area contributed by atoms with Crippen molar-refractivity contribution < 1.29 is 17.6 Å². The van der Waals surface area contributed by atoms with Crippen LogP contribution in [0.25, 0.3) is 0 Å². The number of fused-ring (bicyclic) bond motifs is 1. The Labute approximate surface area is 151 Å². The van der Waals surface area contributed by atoms with E-state index in [1.165, 1.54) is 16.4 Å². The van der Waals surface area contributed by atoms with Crippen molar-refractivity contribution >= 4 is 15.8 Å². The Morgan fingerprint density at radius 2 is 1.62 bits per heavy atom. The average molecular weight is 367 g/mol. The maximum atomic E-state index is 12.9. The molecule has 0 N–H and O–H groups in total. The maximum Gasteiger partial charge on any atom is 0.243 e. The summed E-state index contributed by atoms with van der Waals surface area (Å²) < 4.78 is 32.6. The lowest BCUT2D eigenvalue weighted by atomic mass is 10.0. The van der Waals surface area contributed by atoms with E-state index in [1.54, 1.807) is 48.7 Å². The maximum absolute atomic E-state index is 12.9. The zero-order valence-electron chi connectivity index (χ0n) is 14.0. The minimum atomic E-state index is -3.61. The molecule has 0 atom stereocenters. The molecule has 0 fully saturated rings. The molecule has 26 heavy (non-hydrogen) atoms. The van der Waals surface area contributed by atoms with Crippen LogP contribution in [0.3, 0.4) is 0 Å². The number of sulfonamides is 1. The number of hydrogen-bond acceptors (Lipinski definition) is 4. The van der Waals surface area contributed by atoms with Crippen LogP contribution in [-0.4, -0.2) is 25.1 Å². The van der Waals surface area contributed by atoms with Crippen molar-refractivity contribution in [1.29, 1.82) is 0 Å². The molecule has 0 saturated carbocycles. The van der Waals surface area contributed by atoms with E-state index in [0.29, 0.717) is 30.6 Å². The number of benzene rings is 2. The molecule has 4 rings (SSSR count). The van der Waals surface area contributed by atoms with Gasteiger partial charge in [0.05, 0.1) is 11.2 Å². The zero-order valence-corrected chi connectivity index (χ0v) is 14.8. The SMILES string of the molecule is O=C(c1ccccc1)c1ccc(S(=O)(=O)N2CCc3occc3C2)cc1. The summed E-state index contributed by atoms with van der Waals surface area (Å²) in [6.45, 7) is 0.687. The van der Waals surface area contributed by atoms with Crippen molar-refractivity contribution in [2.24, 2.45) is 0 Å². The molecule has 1 aliphatic heterocycles. The molecule has 1 aliphatic rings. The van der Waals surface area contributed by atoms with Gasteiger partial charge >= 0.3 is 0 Å². The number of rotatable bonds is 4. The third-order valence-corrected chi connectivity index (χ3v) is 6.42. The van der Waals surface area contributed by atoms with Crippen molar-refractivity contribution in [1.82, 2.24) is 4.31 Å². The highest BCUT2D eigenvalue weighted by Crippen LogP contribution is 2.26. The molecule has 0 saturated heterocycles. The van der Waals surface area contributed by atoms with Crippen LogP contribution >= 0.6 is 0 Å². The van der Waals surface area contributed by atoms with Crippen LogP contribution in [0, 0.1) is 0 Å². The highest BCUT2D eigenvalue weighted by atomic mass is 32.2. The van der Waals surface area contributed by atoms with Crippen molar-refractivity contribution in [3.63, 3.8) is 0 Å². The van der Waals surface area contributed by atoms with Crippen LogP contribution in [0.1, 0.15) is 27.2 Å². The Morgan fingerprint density at radius 1 is 0.923 bits per heavy atom. The molecule has 0 radical (unpaired) electrons. The molecule has 2 aromatic carbocycles. The van der Waals surface area contributed by atoms with Crippen LogP contribution in [0.2, 0.25) is 0 Å². The quantitative estimate of drug-likeness (QED) is 0.664. The molecule has 5 nitrogen and oxygen atoms in total. The van der Waals surface area contributed by atoms with Gasteiger partial charge in [-0.25, -0.2) is 8.42 Å². The molecule has 0 spiro atoms. The van der Waals surface area contributed by atoms with E-state index in [0.717, 1.165) is 11.3 Å². The van der Waals surface area contributed by atoms with Gasteiger partial charge in [0.1, 0.15) is 5.76 Å². The summed E-state index contributed by atoms with van der Waals surface area (Å²) in [7, 11) is -3.61. The lowest BCUT2D eigenvalue weighted by molar-refractivity contribution is 0.103. The second kappa shape index (κ2) is 6.55. The first-order chi connectivity index (χ1) is 12.6. The first kappa shape index (κ1) is 16.8. The van der Waals surface area contributed by atoms with Gasteiger partial charge in [0, 0.05) is 36.2 Å². The lowest BCUT2D eigenvalue weighted by Crippen LogP contribution is -2.35. The summed E-state index contributed by atoms with van der Waals surface area (Å²) in [4.78, 5) is 12.6. The molecule has 3 aromatic rings. The number of nitrogens with zero attached hydrogens (tertiary/aromatic N) is 1. The number of carbonyl (C=O) groups excluding carboxylic acids is 1. The number of furan rings is 1.